The zero-order valence-electron chi connectivity index (χ0n) is 15.0. The van der Waals surface area contributed by atoms with Gasteiger partial charge in [0, 0.05) is 11.7 Å². The summed E-state index contributed by atoms with van der Waals surface area (Å²) in [6, 6.07) is 20.6. The fourth-order valence-electron chi connectivity index (χ4n) is 3.76. The van der Waals surface area contributed by atoms with Crippen molar-refractivity contribution in [1.29, 1.82) is 0 Å². The van der Waals surface area contributed by atoms with Gasteiger partial charge in [-0.15, -0.1) is 0 Å². The van der Waals surface area contributed by atoms with Crippen molar-refractivity contribution in [1.82, 2.24) is 10.9 Å². The predicted octanol–water partition coefficient (Wildman–Crippen LogP) is 4.00. The molecule has 1 aliphatic heterocycles. The van der Waals surface area contributed by atoms with Crippen LogP contribution in [-0.2, 0) is 4.79 Å². The van der Waals surface area contributed by atoms with Crippen LogP contribution in [0.25, 0.3) is 10.8 Å². The van der Waals surface area contributed by atoms with Crippen LogP contribution in [0.5, 0.6) is 0 Å². The van der Waals surface area contributed by atoms with Crippen LogP contribution in [0.15, 0.2) is 60.7 Å². The third-order valence-corrected chi connectivity index (χ3v) is 4.91. The van der Waals surface area contributed by atoms with Crippen LogP contribution >= 0.6 is 0 Å². The third-order valence-electron chi connectivity index (χ3n) is 4.91. The van der Waals surface area contributed by atoms with E-state index in [1.165, 1.54) is 16.3 Å². The highest BCUT2D eigenvalue weighted by atomic mass is 16.2. The Kier molecular flexibility index (Phi) is 4.45. The molecule has 3 aromatic rings. The molecule has 3 N–H and O–H groups in total. The van der Waals surface area contributed by atoms with Crippen molar-refractivity contribution in [3.8, 4) is 0 Å². The number of carbonyl (C=O) groups is 1. The molecular weight excluding hydrogens is 322 g/mol. The highest BCUT2D eigenvalue weighted by Gasteiger charge is 2.30. The van der Waals surface area contributed by atoms with Gasteiger partial charge < -0.3 is 5.32 Å². The molecule has 0 aliphatic carbocycles. The SMILES string of the molecule is Cc1cc(C)cc(NC(=O)C2CC(c3cccc4ccccc34)NN2)c1. The Morgan fingerprint density at radius 1 is 0.962 bits per heavy atom. The Bertz CT molecular complexity index is 941. The molecule has 1 heterocycles. The van der Waals surface area contributed by atoms with Gasteiger partial charge >= 0.3 is 0 Å². The van der Waals surface area contributed by atoms with E-state index in [-0.39, 0.29) is 18.0 Å². The van der Waals surface area contributed by atoms with Crippen LogP contribution in [0.1, 0.15) is 29.2 Å². The first kappa shape index (κ1) is 16.8. The van der Waals surface area contributed by atoms with Crippen LogP contribution in [0, 0.1) is 13.8 Å². The molecule has 0 saturated carbocycles. The van der Waals surface area contributed by atoms with E-state index in [0.29, 0.717) is 6.42 Å². The number of hydrogen-bond donors (Lipinski definition) is 3. The molecule has 132 valence electrons. The van der Waals surface area contributed by atoms with E-state index in [2.05, 4.69) is 58.6 Å². The molecule has 0 spiro atoms. The molecule has 0 bridgehead atoms. The lowest BCUT2D eigenvalue weighted by atomic mass is 9.96. The Morgan fingerprint density at radius 2 is 1.69 bits per heavy atom. The first-order valence-electron chi connectivity index (χ1n) is 8.98. The summed E-state index contributed by atoms with van der Waals surface area (Å²) in [5, 5.41) is 5.48. The number of rotatable bonds is 3. The minimum atomic E-state index is -0.264. The van der Waals surface area contributed by atoms with Gasteiger partial charge in [0.2, 0.25) is 5.91 Å². The number of carbonyl (C=O) groups excluding carboxylic acids is 1. The summed E-state index contributed by atoms with van der Waals surface area (Å²) < 4.78 is 0. The molecule has 1 aliphatic rings. The number of hydrogen-bond acceptors (Lipinski definition) is 3. The maximum atomic E-state index is 12.7. The molecule has 3 aromatic carbocycles. The fraction of sp³-hybridized carbons (Fsp3) is 0.227. The van der Waals surface area contributed by atoms with Crippen LogP contribution in [0.3, 0.4) is 0 Å². The average molecular weight is 345 g/mol. The lowest BCUT2D eigenvalue weighted by molar-refractivity contribution is -0.117. The maximum Gasteiger partial charge on any atom is 0.242 e. The molecule has 0 aromatic heterocycles. The molecule has 2 atom stereocenters. The summed E-state index contributed by atoms with van der Waals surface area (Å²) in [5.41, 5.74) is 10.8. The van der Waals surface area contributed by atoms with E-state index >= 15 is 0 Å². The Hall–Kier alpha value is -2.69. The molecule has 1 fully saturated rings. The molecule has 0 radical (unpaired) electrons. The van der Waals surface area contributed by atoms with Gasteiger partial charge in [0.25, 0.3) is 0 Å². The zero-order chi connectivity index (χ0) is 18.1. The van der Waals surface area contributed by atoms with Gasteiger partial charge in [-0.3, -0.25) is 4.79 Å². The largest absolute Gasteiger partial charge is 0.325 e. The molecule has 2 unspecified atom stereocenters. The van der Waals surface area contributed by atoms with Gasteiger partial charge in [-0.25, -0.2) is 10.9 Å². The van der Waals surface area contributed by atoms with Crippen LogP contribution < -0.4 is 16.2 Å². The van der Waals surface area contributed by atoms with Crippen molar-refractivity contribution in [3.05, 3.63) is 77.4 Å². The van der Waals surface area contributed by atoms with Crippen LogP contribution in [0.2, 0.25) is 0 Å². The second-order valence-electron chi connectivity index (χ2n) is 7.06. The topological polar surface area (TPSA) is 53.2 Å². The van der Waals surface area contributed by atoms with E-state index in [1.54, 1.807) is 0 Å². The molecule has 4 nitrogen and oxygen atoms in total. The number of amides is 1. The summed E-state index contributed by atoms with van der Waals surface area (Å²) in [6.07, 6.45) is 0.713. The molecule has 26 heavy (non-hydrogen) atoms. The Labute approximate surface area is 153 Å². The predicted molar refractivity (Wildman–Crippen MR) is 106 cm³/mol. The van der Waals surface area contributed by atoms with Gasteiger partial charge in [-0.2, -0.15) is 0 Å². The van der Waals surface area contributed by atoms with Crippen molar-refractivity contribution in [2.24, 2.45) is 0 Å². The number of benzene rings is 3. The van der Waals surface area contributed by atoms with Gasteiger partial charge in [0.1, 0.15) is 6.04 Å². The third kappa shape index (κ3) is 3.34. The van der Waals surface area contributed by atoms with Gasteiger partial charge in [0.05, 0.1) is 0 Å². The number of hydrazine groups is 1. The lowest BCUT2D eigenvalue weighted by Gasteiger charge is -2.13. The highest BCUT2D eigenvalue weighted by molar-refractivity contribution is 5.95. The van der Waals surface area contributed by atoms with Gasteiger partial charge in [-0.1, -0.05) is 48.5 Å². The first-order valence-corrected chi connectivity index (χ1v) is 8.98. The van der Waals surface area contributed by atoms with Crippen molar-refractivity contribution in [2.45, 2.75) is 32.4 Å². The van der Waals surface area contributed by atoms with E-state index in [9.17, 15) is 4.79 Å². The van der Waals surface area contributed by atoms with Crippen molar-refractivity contribution in [3.63, 3.8) is 0 Å². The zero-order valence-corrected chi connectivity index (χ0v) is 15.0. The molecule has 1 saturated heterocycles. The smallest absolute Gasteiger partial charge is 0.242 e. The van der Waals surface area contributed by atoms with Crippen molar-refractivity contribution in [2.75, 3.05) is 5.32 Å². The summed E-state index contributed by atoms with van der Waals surface area (Å²) in [4.78, 5) is 12.7. The standard InChI is InChI=1S/C22H23N3O/c1-14-10-15(2)12-17(11-14)23-22(26)21-13-20(24-25-21)19-9-5-7-16-6-3-4-8-18(16)19/h3-12,20-21,24-25H,13H2,1-2H3,(H,23,26). The normalized spacial score (nSPS) is 19.6. The average Bonchev–Trinajstić information content (AvgIpc) is 3.10. The van der Waals surface area contributed by atoms with Gasteiger partial charge in [0.15, 0.2) is 0 Å². The van der Waals surface area contributed by atoms with E-state index in [1.807, 2.05) is 32.0 Å². The minimum absolute atomic E-state index is 0.00904. The minimum Gasteiger partial charge on any atom is -0.325 e. The molecule has 1 amide bonds. The molecular formula is C22H23N3O. The monoisotopic (exact) mass is 345 g/mol. The summed E-state index contributed by atoms with van der Waals surface area (Å²) in [5.74, 6) is -0.00904. The Morgan fingerprint density at radius 3 is 2.50 bits per heavy atom. The second-order valence-corrected chi connectivity index (χ2v) is 7.06. The number of nitrogens with one attached hydrogen (secondary N) is 3. The summed E-state index contributed by atoms with van der Waals surface area (Å²) in [6.45, 7) is 4.07. The van der Waals surface area contributed by atoms with E-state index in [4.69, 9.17) is 0 Å². The second kappa shape index (κ2) is 6.90. The van der Waals surface area contributed by atoms with Crippen molar-refractivity contribution < 1.29 is 4.79 Å². The summed E-state index contributed by atoms with van der Waals surface area (Å²) >= 11 is 0. The van der Waals surface area contributed by atoms with E-state index in [0.717, 1.165) is 16.8 Å². The van der Waals surface area contributed by atoms with E-state index < -0.39 is 0 Å². The van der Waals surface area contributed by atoms with Crippen LogP contribution in [-0.4, -0.2) is 11.9 Å². The van der Waals surface area contributed by atoms with Crippen molar-refractivity contribution >= 4 is 22.4 Å². The first-order chi connectivity index (χ1) is 12.6. The quantitative estimate of drug-likeness (QED) is 0.672. The van der Waals surface area contributed by atoms with Crippen LogP contribution in [0.4, 0.5) is 5.69 Å². The fourth-order valence-corrected chi connectivity index (χ4v) is 3.76. The number of aryl methyl sites for hydroxylation is 2. The van der Waals surface area contributed by atoms with Gasteiger partial charge in [-0.05, 0) is 59.9 Å². The molecule has 4 heteroatoms. The lowest BCUT2D eigenvalue weighted by Crippen LogP contribution is -2.39. The highest BCUT2D eigenvalue weighted by Crippen LogP contribution is 2.29. The maximum absolute atomic E-state index is 12.7. The molecule has 4 rings (SSSR count). The number of fused-ring (bicyclic) bond motifs is 1. The number of anilines is 1. The Balaban J connectivity index is 1.50. The summed E-state index contributed by atoms with van der Waals surface area (Å²) in [7, 11) is 0.